The molecule has 1 N–H and O–H groups in total. The minimum atomic E-state index is -0.558. The molecule has 3 fully saturated rings. The van der Waals surface area contributed by atoms with E-state index in [1.807, 2.05) is 17.0 Å². The normalized spacial score (nSPS) is 26.6. The van der Waals surface area contributed by atoms with Crippen molar-refractivity contribution >= 4 is 34.8 Å². The monoisotopic (exact) mass is 649 g/mol. The van der Waals surface area contributed by atoms with Gasteiger partial charge >= 0.3 is 0 Å². The van der Waals surface area contributed by atoms with Crippen LogP contribution in [0, 0.1) is 18.7 Å². The lowest BCUT2D eigenvalue weighted by molar-refractivity contribution is -0.133. The quantitative estimate of drug-likeness (QED) is 0.296. The number of aldehydes is 1. The number of hydrogen-bond acceptors (Lipinski definition) is 8. The van der Waals surface area contributed by atoms with Crippen molar-refractivity contribution in [2.75, 3.05) is 45.8 Å². The Morgan fingerprint density at radius 3 is 2.47 bits per heavy atom. The summed E-state index contributed by atoms with van der Waals surface area (Å²) in [6, 6.07) is 10.1. The van der Waals surface area contributed by atoms with E-state index >= 15 is 4.39 Å². The van der Waals surface area contributed by atoms with Gasteiger partial charge in [0.25, 0.3) is 5.91 Å². The number of likely N-dealkylation sites (tertiary alicyclic amines) is 2. The zero-order valence-corrected chi connectivity index (χ0v) is 27.3. The first-order chi connectivity index (χ1) is 22.8. The molecule has 2 aromatic carbocycles. The Morgan fingerprint density at radius 1 is 1.04 bits per heavy atom. The minimum Gasteiger partial charge on any atom is -0.463 e. The maximum Gasteiger partial charge on any atom is 0.259 e. The summed E-state index contributed by atoms with van der Waals surface area (Å²) in [6.45, 7) is 4.10. The third-order valence-corrected chi connectivity index (χ3v) is 10.2. The Bertz CT molecular complexity index is 1570. The van der Waals surface area contributed by atoms with Crippen molar-refractivity contribution in [2.45, 2.75) is 75.8 Å². The summed E-state index contributed by atoms with van der Waals surface area (Å²) in [5, 5.41) is 3.47. The SMILES string of the molecule is CO[C@H]1CN([C@H]2C[C@@H](CO[C@H]3CC[C@H](C=O)CC3)N(C(=O)Cc3cc(C)c(NC(=O)c4coc5ccccc45)cc3F)C2)C[C@H]1OC. The number of hydrogen-bond donors (Lipinski definition) is 1. The summed E-state index contributed by atoms with van der Waals surface area (Å²) < 4.78 is 38.7. The molecule has 2 aliphatic heterocycles. The first kappa shape index (κ1) is 33.3. The van der Waals surface area contributed by atoms with Gasteiger partial charge in [0, 0.05) is 56.9 Å². The fraction of sp³-hybridized carbons (Fsp3) is 0.528. The maximum atomic E-state index is 15.5. The number of rotatable bonds is 11. The summed E-state index contributed by atoms with van der Waals surface area (Å²) in [5.74, 6) is -1.03. The molecule has 0 unspecified atom stereocenters. The first-order valence-corrected chi connectivity index (χ1v) is 16.5. The lowest BCUT2D eigenvalue weighted by atomic mass is 9.88. The Hall–Kier alpha value is -3.64. The molecule has 10 nitrogen and oxygen atoms in total. The van der Waals surface area contributed by atoms with Crippen LogP contribution in [0.4, 0.5) is 10.1 Å². The van der Waals surface area contributed by atoms with Crippen LogP contribution in [-0.4, -0.2) is 98.8 Å². The average Bonchev–Trinajstić information content (AvgIpc) is 3.83. The van der Waals surface area contributed by atoms with Gasteiger partial charge in [-0.3, -0.25) is 14.5 Å². The maximum absolute atomic E-state index is 15.5. The number of nitrogens with zero attached hydrogens (tertiary/aromatic N) is 2. The number of benzene rings is 2. The molecule has 1 saturated carbocycles. The first-order valence-electron chi connectivity index (χ1n) is 16.5. The molecule has 2 amide bonds. The molecule has 3 aliphatic rings. The average molecular weight is 650 g/mol. The summed E-state index contributed by atoms with van der Waals surface area (Å²) in [6.07, 6.45) is 6.33. The van der Waals surface area contributed by atoms with E-state index in [1.165, 1.54) is 12.3 Å². The van der Waals surface area contributed by atoms with Crippen LogP contribution in [0.25, 0.3) is 11.0 Å². The topological polar surface area (TPSA) is 111 Å². The predicted octanol–water partition coefficient (Wildman–Crippen LogP) is 4.76. The van der Waals surface area contributed by atoms with Crippen LogP contribution in [0.2, 0.25) is 0 Å². The fourth-order valence-corrected chi connectivity index (χ4v) is 7.40. The highest BCUT2D eigenvalue weighted by molar-refractivity contribution is 6.12. The van der Waals surface area contributed by atoms with E-state index in [0.29, 0.717) is 54.0 Å². The second-order valence-corrected chi connectivity index (χ2v) is 13.1. The number of methoxy groups -OCH3 is 2. The molecular weight excluding hydrogens is 605 g/mol. The number of halogens is 1. The van der Waals surface area contributed by atoms with Crippen molar-refractivity contribution < 1.29 is 37.4 Å². The second-order valence-electron chi connectivity index (χ2n) is 13.1. The second kappa shape index (κ2) is 14.6. The van der Waals surface area contributed by atoms with E-state index in [1.54, 1.807) is 39.3 Å². The molecule has 0 spiro atoms. The highest BCUT2D eigenvalue weighted by Crippen LogP contribution is 2.31. The number of amides is 2. The van der Waals surface area contributed by atoms with Gasteiger partial charge in [0.15, 0.2) is 0 Å². The molecule has 0 radical (unpaired) electrons. The van der Waals surface area contributed by atoms with Crippen molar-refractivity contribution in [1.82, 2.24) is 9.80 Å². The number of furan rings is 1. The molecule has 4 atom stereocenters. The third-order valence-electron chi connectivity index (χ3n) is 10.2. The number of fused-ring (bicyclic) bond motifs is 1. The van der Waals surface area contributed by atoms with Gasteiger partial charge in [0.2, 0.25) is 5.91 Å². The van der Waals surface area contributed by atoms with Gasteiger partial charge in [-0.25, -0.2) is 4.39 Å². The summed E-state index contributed by atoms with van der Waals surface area (Å²) in [5.41, 5.74) is 2.21. The van der Waals surface area contributed by atoms with Crippen molar-refractivity contribution in [3.63, 3.8) is 0 Å². The van der Waals surface area contributed by atoms with Gasteiger partial charge < -0.3 is 33.6 Å². The minimum absolute atomic E-state index is 0.0456. The third kappa shape index (κ3) is 7.28. The Labute approximate surface area is 274 Å². The van der Waals surface area contributed by atoms with Crippen LogP contribution in [0.5, 0.6) is 0 Å². The number of carbonyl (C=O) groups is 3. The number of para-hydroxylation sites is 1. The van der Waals surface area contributed by atoms with Crippen LogP contribution in [-0.2, 0) is 30.2 Å². The van der Waals surface area contributed by atoms with Gasteiger partial charge in [0.05, 0.1) is 42.9 Å². The standard InChI is InChI=1S/C36H44FN3O7/c1-22-12-24(30(37)15-31(22)38-36(43)29-21-47-32-7-5-4-6-28(29)32)13-35(42)40-16-25(39-17-33(44-2)34(18-39)45-3)14-26(40)20-46-27-10-8-23(19-41)9-11-27/h4-7,12,15,19,21,23,25-27,33-34H,8-11,13-14,16-18,20H2,1-3H3,(H,38,43)/t23-,25-,26-,27-,33-,34+/m0/s1. The van der Waals surface area contributed by atoms with Crippen molar-refractivity contribution in [3.8, 4) is 0 Å². The van der Waals surface area contributed by atoms with E-state index in [-0.39, 0.29) is 54.2 Å². The predicted molar refractivity (Wildman–Crippen MR) is 174 cm³/mol. The van der Waals surface area contributed by atoms with Gasteiger partial charge in [-0.15, -0.1) is 0 Å². The number of nitrogens with one attached hydrogen (secondary N) is 1. The van der Waals surface area contributed by atoms with Crippen molar-refractivity contribution in [2.24, 2.45) is 5.92 Å². The van der Waals surface area contributed by atoms with Crippen LogP contribution >= 0.6 is 0 Å². The molecule has 47 heavy (non-hydrogen) atoms. The molecule has 6 rings (SSSR count). The van der Waals surface area contributed by atoms with Gasteiger partial charge in [-0.2, -0.15) is 0 Å². The van der Waals surface area contributed by atoms with E-state index < -0.39 is 11.7 Å². The summed E-state index contributed by atoms with van der Waals surface area (Å²) in [4.78, 5) is 42.3. The Kier molecular flexibility index (Phi) is 10.4. The fourth-order valence-electron chi connectivity index (χ4n) is 7.40. The van der Waals surface area contributed by atoms with Crippen molar-refractivity contribution in [3.05, 3.63) is 65.2 Å². The van der Waals surface area contributed by atoms with Gasteiger partial charge in [-0.1, -0.05) is 24.3 Å². The van der Waals surface area contributed by atoms with Crippen LogP contribution in [0.1, 0.15) is 53.6 Å². The molecule has 3 aromatic rings. The summed E-state index contributed by atoms with van der Waals surface area (Å²) in [7, 11) is 3.38. The molecule has 252 valence electrons. The number of anilines is 1. The van der Waals surface area contributed by atoms with Crippen LogP contribution in [0.15, 0.2) is 47.1 Å². The van der Waals surface area contributed by atoms with E-state index in [9.17, 15) is 14.4 Å². The lowest BCUT2D eigenvalue weighted by Gasteiger charge is -2.29. The number of carbonyl (C=O) groups excluding carboxylic acids is 3. The number of aryl methyl sites for hydroxylation is 1. The number of ether oxygens (including phenoxy) is 3. The molecule has 1 aliphatic carbocycles. The molecule has 2 saturated heterocycles. The van der Waals surface area contributed by atoms with Gasteiger partial charge in [0.1, 0.15) is 23.9 Å². The molecular formula is C36H44FN3O7. The van der Waals surface area contributed by atoms with Crippen molar-refractivity contribution in [1.29, 1.82) is 0 Å². The van der Waals surface area contributed by atoms with Gasteiger partial charge in [-0.05, 0) is 62.3 Å². The molecule has 1 aromatic heterocycles. The highest BCUT2D eigenvalue weighted by Gasteiger charge is 2.43. The van der Waals surface area contributed by atoms with Crippen LogP contribution in [0.3, 0.4) is 0 Å². The van der Waals surface area contributed by atoms with E-state index in [2.05, 4.69) is 10.2 Å². The molecule has 0 bridgehead atoms. The smallest absolute Gasteiger partial charge is 0.259 e. The van der Waals surface area contributed by atoms with Crippen LogP contribution < -0.4 is 5.32 Å². The molecule has 3 heterocycles. The zero-order chi connectivity index (χ0) is 33.1. The molecule has 11 heteroatoms. The van der Waals surface area contributed by atoms with E-state index in [0.717, 1.165) is 38.4 Å². The Balaban J connectivity index is 1.14. The van der Waals surface area contributed by atoms with E-state index in [4.69, 9.17) is 18.6 Å². The lowest BCUT2D eigenvalue weighted by Crippen LogP contribution is -2.41. The largest absolute Gasteiger partial charge is 0.463 e. The Morgan fingerprint density at radius 2 is 1.77 bits per heavy atom. The summed E-state index contributed by atoms with van der Waals surface area (Å²) >= 11 is 0. The zero-order valence-electron chi connectivity index (χ0n) is 27.3. The highest BCUT2D eigenvalue weighted by atomic mass is 19.1.